The summed E-state index contributed by atoms with van der Waals surface area (Å²) in [6.07, 6.45) is 4.29. The number of ether oxygens (including phenoxy) is 3. The zero-order valence-corrected chi connectivity index (χ0v) is 25.5. The zero-order chi connectivity index (χ0) is 28.4. The van der Waals surface area contributed by atoms with Crippen LogP contribution in [0.3, 0.4) is 0 Å². The van der Waals surface area contributed by atoms with Gasteiger partial charge in [-0.05, 0) is 96.8 Å². The standard InChI is InChI=1S/C33H38BrNO5/c1-5-39-29-18-23(17-24(34)33(29)40-19-22-13-12-20(2)21(3)16-22)30-31-25(8-6-10-27(31)36)35(14-15-38-4)26-9-7-11-28(37)32(26)30/h12-13,16-18,30H,5-11,14-15,19H2,1-4H3. The highest BCUT2D eigenvalue weighted by Gasteiger charge is 2.43. The molecule has 0 N–H and O–H groups in total. The second-order valence-corrected chi connectivity index (χ2v) is 11.7. The lowest BCUT2D eigenvalue weighted by molar-refractivity contribution is -0.117. The third-order valence-corrected chi connectivity index (χ3v) is 8.81. The number of nitrogens with zero attached hydrogens (tertiary/aromatic N) is 1. The van der Waals surface area contributed by atoms with E-state index in [1.54, 1.807) is 7.11 Å². The molecule has 0 saturated carbocycles. The van der Waals surface area contributed by atoms with Gasteiger partial charge in [0.25, 0.3) is 0 Å². The van der Waals surface area contributed by atoms with Gasteiger partial charge in [-0.3, -0.25) is 9.59 Å². The summed E-state index contributed by atoms with van der Waals surface area (Å²) >= 11 is 3.75. The molecule has 0 bridgehead atoms. The van der Waals surface area contributed by atoms with Crippen LogP contribution in [0.25, 0.3) is 0 Å². The highest BCUT2D eigenvalue weighted by atomic mass is 79.9. The van der Waals surface area contributed by atoms with Crippen LogP contribution in [0.15, 0.2) is 57.3 Å². The van der Waals surface area contributed by atoms with E-state index in [0.29, 0.717) is 50.7 Å². The molecule has 40 heavy (non-hydrogen) atoms. The molecule has 0 atom stereocenters. The Hall–Kier alpha value is -2.90. The number of halogens is 1. The summed E-state index contributed by atoms with van der Waals surface area (Å²) in [4.78, 5) is 29.4. The fourth-order valence-corrected chi connectivity index (χ4v) is 6.78. The first kappa shape index (κ1) is 28.6. The highest BCUT2D eigenvalue weighted by Crippen LogP contribution is 2.51. The van der Waals surface area contributed by atoms with Crippen LogP contribution in [-0.4, -0.2) is 43.3 Å². The molecule has 6 nitrogen and oxygen atoms in total. The summed E-state index contributed by atoms with van der Waals surface area (Å²) in [7, 11) is 1.69. The molecular formula is C33H38BrNO5. The van der Waals surface area contributed by atoms with Gasteiger partial charge in [0.05, 0.1) is 17.7 Å². The molecule has 7 heteroatoms. The van der Waals surface area contributed by atoms with E-state index < -0.39 is 5.92 Å². The number of carbonyl (C=O) groups is 2. The summed E-state index contributed by atoms with van der Waals surface area (Å²) in [6, 6.07) is 10.3. The quantitative estimate of drug-likeness (QED) is 0.303. The summed E-state index contributed by atoms with van der Waals surface area (Å²) in [5.41, 5.74) is 8.05. The molecule has 2 aromatic carbocycles. The third kappa shape index (κ3) is 5.51. The van der Waals surface area contributed by atoms with Crippen LogP contribution in [0.4, 0.5) is 0 Å². The molecule has 1 aliphatic heterocycles. The predicted octanol–water partition coefficient (Wildman–Crippen LogP) is 7.10. The van der Waals surface area contributed by atoms with Gasteiger partial charge >= 0.3 is 0 Å². The first-order valence-electron chi connectivity index (χ1n) is 14.3. The van der Waals surface area contributed by atoms with E-state index >= 15 is 0 Å². The number of aryl methyl sites for hydroxylation is 2. The van der Waals surface area contributed by atoms with Crippen LogP contribution in [0.5, 0.6) is 11.5 Å². The van der Waals surface area contributed by atoms with Crippen molar-refractivity contribution in [3.63, 3.8) is 0 Å². The minimum Gasteiger partial charge on any atom is -0.490 e. The van der Waals surface area contributed by atoms with Crippen molar-refractivity contribution in [3.8, 4) is 11.5 Å². The van der Waals surface area contributed by atoms with Gasteiger partial charge in [0.15, 0.2) is 23.1 Å². The average Bonchev–Trinajstić information content (AvgIpc) is 2.93. The number of hydrogen-bond donors (Lipinski definition) is 0. The number of carbonyl (C=O) groups excluding carboxylic acids is 2. The number of rotatable bonds is 9. The Morgan fingerprint density at radius 1 is 0.900 bits per heavy atom. The monoisotopic (exact) mass is 607 g/mol. The van der Waals surface area contributed by atoms with Crippen LogP contribution < -0.4 is 9.47 Å². The van der Waals surface area contributed by atoms with Crippen molar-refractivity contribution >= 4 is 27.5 Å². The number of ketones is 2. The number of benzene rings is 2. The third-order valence-electron chi connectivity index (χ3n) is 8.22. The van der Waals surface area contributed by atoms with E-state index in [2.05, 4.69) is 52.9 Å². The molecule has 5 rings (SSSR count). The molecule has 212 valence electrons. The maximum atomic E-state index is 13.6. The van der Waals surface area contributed by atoms with Gasteiger partial charge in [0, 0.05) is 55.0 Å². The predicted molar refractivity (Wildman–Crippen MR) is 159 cm³/mol. The van der Waals surface area contributed by atoms with Crippen LogP contribution in [0, 0.1) is 13.8 Å². The van der Waals surface area contributed by atoms with Crippen LogP contribution in [0.2, 0.25) is 0 Å². The number of hydrogen-bond acceptors (Lipinski definition) is 6. The van der Waals surface area contributed by atoms with Gasteiger partial charge in [-0.15, -0.1) is 0 Å². The SMILES string of the molecule is CCOc1cc(C2C3=C(CCCC3=O)N(CCOC)C3=C2C(=O)CCC3)cc(Br)c1OCc1ccc(C)c(C)c1. The molecule has 0 radical (unpaired) electrons. The van der Waals surface area contributed by atoms with Crippen molar-refractivity contribution in [2.24, 2.45) is 0 Å². The van der Waals surface area contributed by atoms with E-state index in [1.165, 1.54) is 11.1 Å². The largest absolute Gasteiger partial charge is 0.490 e. The van der Waals surface area contributed by atoms with Gasteiger partial charge in [0.2, 0.25) is 0 Å². The van der Waals surface area contributed by atoms with Gasteiger partial charge in [-0.25, -0.2) is 0 Å². The molecular weight excluding hydrogens is 570 g/mol. The van der Waals surface area contributed by atoms with Crippen LogP contribution in [-0.2, 0) is 20.9 Å². The second kappa shape index (κ2) is 12.3. The van der Waals surface area contributed by atoms with Gasteiger partial charge in [-0.1, -0.05) is 18.2 Å². The fraction of sp³-hybridized carbons (Fsp3) is 0.455. The number of methoxy groups -OCH3 is 1. The smallest absolute Gasteiger partial charge is 0.175 e. The Morgan fingerprint density at radius 3 is 2.17 bits per heavy atom. The Labute approximate surface area is 245 Å². The van der Waals surface area contributed by atoms with Crippen molar-refractivity contribution in [1.29, 1.82) is 0 Å². The summed E-state index contributed by atoms with van der Waals surface area (Å²) in [5, 5.41) is 0. The van der Waals surface area contributed by atoms with E-state index in [1.807, 2.05) is 19.1 Å². The lowest BCUT2D eigenvalue weighted by Crippen LogP contribution is -2.40. The Kier molecular flexibility index (Phi) is 8.81. The van der Waals surface area contributed by atoms with E-state index in [9.17, 15) is 9.59 Å². The molecule has 0 saturated heterocycles. The summed E-state index contributed by atoms with van der Waals surface area (Å²) in [6.45, 7) is 8.18. The van der Waals surface area contributed by atoms with Crippen molar-refractivity contribution in [1.82, 2.24) is 4.90 Å². The van der Waals surface area contributed by atoms with Crippen molar-refractivity contribution in [3.05, 3.63) is 79.6 Å². The second-order valence-electron chi connectivity index (χ2n) is 10.8. The maximum Gasteiger partial charge on any atom is 0.175 e. The minimum atomic E-state index is -0.409. The van der Waals surface area contributed by atoms with E-state index in [-0.39, 0.29) is 11.6 Å². The number of allylic oxidation sites excluding steroid dienone is 4. The van der Waals surface area contributed by atoms with Gasteiger partial charge in [-0.2, -0.15) is 0 Å². The first-order valence-corrected chi connectivity index (χ1v) is 15.1. The zero-order valence-electron chi connectivity index (χ0n) is 23.9. The van der Waals surface area contributed by atoms with E-state index in [0.717, 1.165) is 63.8 Å². The number of Topliss-reactive ketones (excluding diaryl/α,β-unsaturated/α-hetero) is 2. The lowest BCUT2D eigenvalue weighted by Gasteiger charge is -2.44. The van der Waals surface area contributed by atoms with E-state index in [4.69, 9.17) is 14.2 Å². The minimum absolute atomic E-state index is 0.128. The summed E-state index contributed by atoms with van der Waals surface area (Å²) < 4.78 is 18.6. The molecule has 0 amide bonds. The first-order chi connectivity index (χ1) is 19.3. The molecule has 0 unspecified atom stereocenters. The van der Waals surface area contributed by atoms with Crippen molar-refractivity contribution in [2.75, 3.05) is 26.9 Å². The van der Waals surface area contributed by atoms with Crippen molar-refractivity contribution in [2.45, 2.75) is 71.8 Å². The molecule has 0 aromatic heterocycles. The van der Waals surface area contributed by atoms with Crippen molar-refractivity contribution < 1.29 is 23.8 Å². The lowest BCUT2D eigenvalue weighted by atomic mass is 9.71. The Balaban J connectivity index is 1.59. The van der Waals surface area contributed by atoms with Gasteiger partial charge in [0.1, 0.15) is 6.61 Å². The molecule has 0 spiro atoms. The average molecular weight is 609 g/mol. The maximum absolute atomic E-state index is 13.6. The fourth-order valence-electron chi connectivity index (χ4n) is 6.21. The van der Waals surface area contributed by atoms with Crippen LogP contribution >= 0.6 is 15.9 Å². The Morgan fingerprint density at radius 2 is 1.57 bits per heavy atom. The van der Waals surface area contributed by atoms with Crippen LogP contribution in [0.1, 0.15) is 73.6 Å². The Bertz CT molecular complexity index is 1350. The molecule has 2 aromatic rings. The summed E-state index contributed by atoms with van der Waals surface area (Å²) in [5.74, 6) is 1.07. The molecule has 2 aliphatic carbocycles. The van der Waals surface area contributed by atoms with Gasteiger partial charge < -0.3 is 19.1 Å². The molecule has 0 fully saturated rings. The highest BCUT2D eigenvalue weighted by molar-refractivity contribution is 9.10. The normalized spacial score (nSPS) is 17.8. The molecule has 3 aliphatic rings. The molecule has 1 heterocycles. The topological polar surface area (TPSA) is 65.1 Å².